The molecule has 2 heterocycles. The van der Waals surface area contributed by atoms with Crippen molar-refractivity contribution in [2.75, 3.05) is 18.0 Å². The Morgan fingerprint density at radius 2 is 1.83 bits per heavy atom. The first-order valence-corrected chi connectivity index (χ1v) is 10.5. The molecule has 3 amide bonds. The Bertz CT molecular complexity index is 960. The van der Waals surface area contributed by atoms with Gasteiger partial charge in [0.15, 0.2) is 0 Å². The van der Waals surface area contributed by atoms with Crippen LogP contribution in [0.2, 0.25) is 4.34 Å². The Hall–Kier alpha value is -2.91. The van der Waals surface area contributed by atoms with Crippen LogP contribution in [0.3, 0.4) is 0 Å². The van der Waals surface area contributed by atoms with Gasteiger partial charge < -0.3 is 20.6 Å². The lowest BCUT2D eigenvalue weighted by Crippen LogP contribution is -2.48. The second-order valence-corrected chi connectivity index (χ2v) is 8.44. The molecule has 1 atom stereocenters. The molecule has 0 spiro atoms. The lowest BCUT2D eigenvalue weighted by molar-refractivity contribution is -0.139. The SMILES string of the molecule is O=C(N[C@@H](CNC(=O)c1ccc(Cl)s1)C(=O)O)c1ccc(N2CCCCC2=O)cc1. The maximum atomic E-state index is 12.4. The number of benzene rings is 1. The number of carbonyl (C=O) groups is 4. The molecule has 2 aromatic rings. The van der Waals surface area contributed by atoms with Crippen molar-refractivity contribution in [3.05, 3.63) is 51.2 Å². The minimum Gasteiger partial charge on any atom is -0.480 e. The van der Waals surface area contributed by atoms with Crippen LogP contribution in [-0.2, 0) is 9.59 Å². The highest BCUT2D eigenvalue weighted by Gasteiger charge is 2.23. The van der Waals surface area contributed by atoms with Gasteiger partial charge in [-0.1, -0.05) is 11.6 Å². The first-order chi connectivity index (χ1) is 14.3. The highest BCUT2D eigenvalue weighted by atomic mass is 35.5. The van der Waals surface area contributed by atoms with Crippen molar-refractivity contribution in [1.82, 2.24) is 10.6 Å². The van der Waals surface area contributed by atoms with E-state index in [1.54, 1.807) is 23.1 Å². The number of aliphatic carboxylic acids is 1. The first kappa shape index (κ1) is 21.8. The molecule has 0 bridgehead atoms. The summed E-state index contributed by atoms with van der Waals surface area (Å²) in [5.74, 6) is -2.29. The lowest BCUT2D eigenvalue weighted by Gasteiger charge is -2.26. The summed E-state index contributed by atoms with van der Waals surface area (Å²) in [5.41, 5.74) is 0.957. The highest BCUT2D eigenvalue weighted by molar-refractivity contribution is 7.18. The number of thiophene rings is 1. The number of hydrogen-bond acceptors (Lipinski definition) is 5. The van der Waals surface area contributed by atoms with E-state index in [2.05, 4.69) is 10.6 Å². The molecular formula is C20H20ClN3O5S. The van der Waals surface area contributed by atoms with Gasteiger partial charge in [0.25, 0.3) is 11.8 Å². The van der Waals surface area contributed by atoms with E-state index in [0.717, 1.165) is 24.2 Å². The summed E-state index contributed by atoms with van der Waals surface area (Å²) in [6.07, 6.45) is 2.31. The van der Waals surface area contributed by atoms with E-state index in [1.165, 1.54) is 18.2 Å². The number of nitrogens with one attached hydrogen (secondary N) is 2. The molecule has 3 N–H and O–H groups in total. The predicted molar refractivity (Wildman–Crippen MR) is 113 cm³/mol. The zero-order valence-corrected chi connectivity index (χ0v) is 17.5. The number of amides is 3. The topological polar surface area (TPSA) is 116 Å². The van der Waals surface area contributed by atoms with Gasteiger partial charge in [0.05, 0.1) is 9.21 Å². The molecule has 0 aliphatic carbocycles. The molecular weight excluding hydrogens is 430 g/mol. The van der Waals surface area contributed by atoms with Crippen LogP contribution in [0.25, 0.3) is 0 Å². The van der Waals surface area contributed by atoms with Gasteiger partial charge in [-0.2, -0.15) is 0 Å². The van der Waals surface area contributed by atoms with E-state index in [0.29, 0.717) is 27.9 Å². The van der Waals surface area contributed by atoms with E-state index >= 15 is 0 Å². The van der Waals surface area contributed by atoms with Gasteiger partial charge in [0.1, 0.15) is 6.04 Å². The average Bonchev–Trinajstić information content (AvgIpc) is 3.17. The number of nitrogens with zero attached hydrogens (tertiary/aromatic N) is 1. The summed E-state index contributed by atoms with van der Waals surface area (Å²) in [6.45, 7) is 0.358. The minimum absolute atomic E-state index is 0.0483. The second-order valence-electron chi connectivity index (χ2n) is 6.73. The molecule has 30 heavy (non-hydrogen) atoms. The number of carboxylic acid groups (broad SMARTS) is 1. The molecule has 10 heteroatoms. The molecule has 1 aromatic heterocycles. The third-order valence-electron chi connectivity index (χ3n) is 4.63. The van der Waals surface area contributed by atoms with Gasteiger partial charge >= 0.3 is 5.97 Å². The number of rotatable bonds is 7. The predicted octanol–water partition coefficient (Wildman–Crippen LogP) is 2.53. The second kappa shape index (κ2) is 9.73. The molecule has 0 unspecified atom stereocenters. The molecule has 3 rings (SSSR count). The highest BCUT2D eigenvalue weighted by Crippen LogP contribution is 2.22. The average molecular weight is 450 g/mol. The summed E-state index contributed by atoms with van der Waals surface area (Å²) >= 11 is 6.86. The molecule has 8 nitrogen and oxygen atoms in total. The number of carbonyl (C=O) groups excluding carboxylic acids is 3. The van der Waals surface area contributed by atoms with Gasteiger partial charge in [-0.05, 0) is 49.2 Å². The van der Waals surface area contributed by atoms with Crippen LogP contribution >= 0.6 is 22.9 Å². The fourth-order valence-corrected chi connectivity index (χ4v) is 3.99. The minimum atomic E-state index is -1.31. The van der Waals surface area contributed by atoms with Crippen molar-refractivity contribution >= 4 is 52.3 Å². The van der Waals surface area contributed by atoms with Crippen molar-refractivity contribution in [1.29, 1.82) is 0 Å². The lowest BCUT2D eigenvalue weighted by atomic mass is 10.1. The monoisotopic (exact) mass is 449 g/mol. The number of hydrogen-bond donors (Lipinski definition) is 3. The largest absolute Gasteiger partial charge is 0.480 e. The number of anilines is 1. The molecule has 158 valence electrons. The van der Waals surface area contributed by atoms with E-state index in [9.17, 15) is 24.3 Å². The molecule has 1 aliphatic rings. The zero-order chi connectivity index (χ0) is 21.7. The third-order valence-corrected chi connectivity index (χ3v) is 5.86. The van der Waals surface area contributed by atoms with Crippen molar-refractivity contribution in [3.8, 4) is 0 Å². The van der Waals surface area contributed by atoms with E-state index in [-0.39, 0.29) is 18.0 Å². The Morgan fingerprint density at radius 3 is 2.43 bits per heavy atom. The molecule has 0 radical (unpaired) electrons. The van der Waals surface area contributed by atoms with Crippen molar-refractivity contribution in [2.24, 2.45) is 0 Å². The maximum Gasteiger partial charge on any atom is 0.328 e. The van der Waals surface area contributed by atoms with Crippen molar-refractivity contribution < 1.29 is 24.3 Å². The van der Waals surface area contributed by atoms with Gasteiger partial charge in [-0.15, -0.1) is 11.3 Å². The van der Waals surface area contributed by atoms with Gasteiger partial charge in [-0.3, -0.25) is 14.4 Å². The number of halogens is 1. The standard InChI is InChI=1S/C20H20ClN3O5S/c21-16-9-8-15(30-16)19(27)22-11-14(20(28)29)23-18(26)12-4-6-13(7-5-12)24-10-2-1-3-17(24)25/h4-9,14H,1-3,10-11H2,(H,22,27)(H,23,26)(H,28,29)/t14-/m0/s1. The first-order valence-electron chi connectivity index (χ1n) is 9.33. The Morgan fingerprint density at radius 1 is 1.10 bits per heavy atom. The molecule has 1 aliphatic heterocycles. The van der Waals surface area contributed by atoms with Crippen LogP contribution in [0.1, 0.15) is 39.3 Å². The molecule has 1 saturated heterocycles. The van der Waals surface area contributed by atoms with Crippen LogP contribution in [0.4, 0.5) is 5.69 Å². The van der Waals surface area contributed by atoms with Crippen LogP contribution in [0.5, 0.6) is 0 Å². The molecule has 1 fully saturated rings. The molecule has 0 saturated carbocycles. The Kier molecular flexibility index (Phi) is 7.07. The summed E-state index contributed by atoms with van der Waals surface area (Å²) < 4.78 is 0.443. The van der Waals surface area contributed by atoms with E-state index in [4.69, 9.17) is 11.6 Å². The van der Waals surface area contributed by atoms with Crippen LogP contribution in [0, 0.1) is 0 Å². The quantitative estimate of drug-likeness (QED) is 0.600. The fraction of sp³-hybridized carbons (Fsp3) is 0.300. The van der Waals surface area contributed by atoms with Gasteiger partial charge in [0.2, 0.25) is 5.91 Å². The summed E-state index contributed by atoms with van der Waals surface area (Å²) in [4.78, 5) is 50.0. The number of piperidine rings is 1. The smallest absolute Gasteiger partial charge is 0.328 e. The van der Waals surface area contributed by atoms with Gasteiger partial charge in [-0.25, -0.2) is 4.79 Å². The van der Waals surface area contributed by atoms with Crippen LogP contribution < -0.4 is 15.5 Å². The number of carboxylic acids is 1. The zero-order valence-electron chi connectivity index (χ0n) is 15.9. The third kappa shape index (κ3) is 5.37. The Labute approximate surface area is 181 Å². The normalized spacial score (nSPS) is 14.8. The summed E-state index contributed by atoms with van der Waals surface area (Å²) in [7, 11) is 0. The maximum absolute atomic E-state index is 12.4. The van der Waals surface area contributed by atoms with E-state index < -0.39 is 23.8 Å². The van der Waals surface area contributed by atoms with E-state index in [1.807, 2.05) is 0 Å². The fourth-order valence-electron chi connectivity index (χ4n) is 3.03. The molecule has 1 aromatic carbocycles. The van der Waals surface area contributed by atoms with Crippen molar-refractivity contribution in [2.45, 2.75) is 25.3 Å². The Balaban J connectivity index is 1.59. The summed E-state index contributed by atoms with van der Waals surface area (Å²) in [5, 5.41) is 14.2. The van der Waals surface area contributed by atoms with Crippen LogP contribution in [-0.4, -0.2) is 47.9 Å². The summed E-state index contributed by atoms with van der Waals surface area (Å²) in [6, 6.07) is 8.20. The van der Waals surface area contributed by atoms with Crippen molar-refractivity contribution in [3.63, 3.8) is 0 Å². The van der Waals surface area contributed by atoms with Crippen LogP contribution in [0.15, 0.2) is 36.4 Å². The van der Waals surface area contributed by atoms with Gasteiger partial charge in [0, 0.05) is 30.8 Å².